The van der Waals surface area contributed by atoms with Gasteiger partial charge in [-0.25, -0.2) is 0 Å². The fraction of sp³-hybridized carbons (Fsp3) is 0.750. The first-order valence-corrected chi connectivity index (χ1v) is 9.27. The molecule has 0 atom stereocenters. The molecule has 2 heteroatoms. The molecule has 126 valence electrons. The number of hydrogen-bond acceptors (Lipinski definition) is 2. The lowest BCUT2D eigenvalue weighted by Gasteiger charge is -2.09. The van der Waals surface area contributed by atoms with E-state index in [1.165, 1.54) is 74.7 Å². The highest BCUT2D eigenvalue weighted by atomic mass is 16.5. The average Bonchev–Trinajstić information content (AvgIpc) is 2.54. The number of rotatable bonds is 13. The molecule has 22 heavy (non-hydrogen) atoms. The van der Waals surface area contributed by atoms with Gasteiger partial charge in [0.1, 0.15) is 0 Å². The van der Waals surface area contributed by atoms with E-state index < -0.39 is 0 Å². The quantitative estimate of drug-likeness (QED) is 0.448. The molecule has 1 aromatic rings. The van der Waals surface area contributed by atoms with Gasteiger partial charge < -0.3 is 4.74 Å². The monoisotopic (exact) mass is 305 g/mol. The number of nitrogens with zero attached hydrogens (tertiary/aromatic N) is 1. The minimum absolute atomic E-state index is 0.765. The van der Waals surface area contributed by atoms with E-state index in [4.69, 9.17) is 9.72 Å². The molecule has 0 aliphatic rings. The van der Waals surface area contributed by atoms with Crippen molar-refractivity contribution in [1.82, 2.24) is 4.98 Å². The highest BCUT2D eigenvalue weighted by molar-refractivity contribution is 5.22. The first kappa shape index (κ1) is 19.2. The van der Waals surface area contributed by atoms with Crippen LogP contribution in [0, 0.1) is 0 Å². The third-order valence-corrected chi connectivity index (χ3v) is 4.16. The Morgan fingerprint density at radius 1 is 0.773 bits per heavy atom. The molecule has 0 aliphatic heterocycles. The van der Waals surface area contributed by atoms with Crippen molar-refractivity contribution in [1.29, 1.82) is 0 Å². The lowest BCUT2D eigenvalue weighted by molar-refractivity contribution is 0.201. The second-order valence-corrected chi connectivity index (χ2v) is 6.32. The van der Waals surface area contributed by atoms with Crippen LogP contribution in [0.25, 0.3) is 0 Å². The average molecular weight is 306 g/mol. The predicted molar refractivity (Wildman–Crippen MR) is 95.5 cm³/mol. The molecular formula is C20H35NO. The summed E-state index contributed by atoms with van der Waals surface area (Å²) in [5.74, 6) is 0. The molecule has 1 aromatic heterocycles. The van der Waals surface area contributed by atoms with Crippen LogP contribution in [0.4, 0.5) is 0 Å². The standard InChI is InChI=1S/C20H35NO/c1-4-6-8-10-12-18-16-19(13-11-9-7-5-2)21-20(17-18)14-15-22-3/h16-17H,4-15H2,1-3H3. The first-order valence-electron chi connectivity index (χ1n) is 9.27. The van der Waals surface area contributed by atoms with Crippen LogP contribution < -0.4 is 0 Å². The lowest BCUT2D eigenvalue weighted by atomic mass is 10.0. The van der Waals surface area contributed by atoms with E-state index in [1.807, 2.05) is 0 Å². The minimum Gasteiger partial charge on any atom is -0.384 e. The summed E-state index contributed by atoms with van der Waals surface area (Å²) in [6.45, 7) is 5.29. The fourth-order valence-corrected chi connectivity index (χ4v) is 2.81. The van der Waals surface area contributed by atoms with E-state index in [2.05, 4.69) is 26.0 Å². The molecule has 1 rings (SSSR count). The van der Waals surface area contributed by atoms with Gasteiger partial charge in [0.05, 0.1) is 6.61 Å². The smallest absolute Gasteiger partial charge is 0.0517 e. The van der Waals surface area contributed by atoms with Crippen LogP contribution in [0.3, 0.4) is 0 Å². The van der Waals surface area contributed by atoms with E-state index in [-0.39, 0.29) is 0 Å². The fourth-order valence-electron chi connectivity index (χ4n) is 2.81. The van der Waals surface area contributed by atoms with Crippen molar-refractivity contribution in [2.75, 3.05) is 13.7 Å². The van der Waals surface area contributed by atoms with E-state index >= 15 is 0 Å². The number of methoxy groups -OCH3 is 1. The Hall–Kier alpha value is -0.890. The van der Waals surface area contributed by atoms with Crippen molar-refractivity contribution in [3.8, 4) is 0 Å². The molecule has 0 aromatic carbocycles. The van der Waals surface area contributed by atoms with Gasteiger partial charge in [-0.05, 0) is 43.4 Å². The maximum absolute atomic E-state index is 5.21. The first-order chi connectivity index (χ1) is 10.8. The molecule has 0 saturated heterocycles. The van der Waals surface area contributed by atoms with Crippen LogP contribution >= 0.6 is 0 Å². The number of pyridine rings is 1. The Kier molecular flexibility index (Phi) is 11.0. The van der Waals surface area contributed by atoms with Crippen molar-refractivity contribution >= 4 is 0 Å². The summed E-state index contributed by atoms with van der Waals surface area (Å²) >= 11 is 0. The number of unbranched alkanes of at least 4 members (excludes halogenated alkanes) is 6. The number of aromatic nitrogens is 1. The molecule has 0 N–H and O–H groups in total. The molecular weight excluding hydrogens is 270 g/mol. The highest BCUT2D eigenvalue weighted by Gasteiger charge is 2.04. The van der Waals surface area contributed by atoms with Gasteiger partial charge in [-0.1, -0.05) is 52.4 Å². The van der Waals surface area contributed by atoms with E-state index in [0.29, 0.717) is 0 Å². The Morgan fingerprint density at radius 2 is 1.36 bits per heavy atom. The Morgan fingerprint density at radius 3 is 1.95 bits per heavy atom. The van der Waals surface area contributed by atoms with Crippen molar-refractivity contribution in [3.63, 3.8) is 0 Å². The normalized spacial score (nSPS) is 11.0. The molecule has 0 unspecified atom stereocenters. The van der Waals surface area contributed by atoms with Crippen molar-refractivity contribution in [3.05, 3.63) is 29.1 Å². The zero-order chi connectivity index (χ0) is 16.0. The summed E-state index contributed by atoms with van der Waals surface area (Å²) in [7, 11) is 1.76. The Bertz CT molecular complexity index is 359. The largest absolute Gasteiger partial charge is 0.384 e. The van der Waals surface area contributed by atoms with E-state index in [9.17, 15) is 0 Å². The van der Waals surface area contributed by atoms with Crippen LogP contribution in [0.2, 0.25) is 0 Å². The van der Waals surface area contributed by atoms with Gasteiger partial charge in [-0.15, -0.1) is 0 Å². The van der Waals surface area contributed by atoms with Gasteiger partial charge in [0, 0.05) is 24.9 Å². The molecule has 0 amide bonds. The molecule has 0 fully saturated rings. The summed E-state index contributed by atoms with van der Waals surface area (Å²) in [5.41, 5.74) is 3.97. The second kappa shape index (κ2) is 12.6. The summed E-state index contributed by atoms with van der Waals surface area (Å²) < 4.78 is 5.21. The highest BCUT2D eigenvalue weighted by Crippen LogP contribution is 2.14. The molecule has 0 spiro atoms. The van der Waals surface area contributed by atoms with Crippen LogP contribution in [0.15, 0.2) is 12.1 Å². The summed E-state index contributed by atoms with van der Waals surface area (Å²) in [4.78, 5) is 4.83. The Balaban J connectivity index is 2.59. The zero-order valence-corrected chi connectivity index (χ0v) is 15.0. The minimum atomic E-state index is 0.765. The van der Waals surface area contributed by atoms with Crippen molar-refractivity contribution in [2.24, 2.45) is 0 Å². The third-order valence-electron chi connectivity index (χ3n) is 4.16. The van der Waals surface area contributed by atoms with Gasteiger partial charge in [0.15, 0.2) is 0 Å². The molecule has 0 bridgehead atoms. The van der Waals surface area contributed by atoms with Crippen LogP contribution in [0.5, 0.6) is 0 Å². The van der Waals surface area contributed by atoms with Gasteiger partial charge >= 0.3 is 0 Å². The van der Waals surface area contributed by atoms with Crippen LogP contribution in [-0.2, 0) is 24.0 Å². The number of hydrogen-bond donors (Lipinski definition) is 0. The molecule has 1 heterocycles. The Labute approximate surface area is 137 Å². The maximum atomic E-state index is 5.21. The van der Waals surface area contributed by atoms with Gasteiger partial charge in [0.25, 0.3) is 0 Å². The van der Waals surface area contributed by atoms with Gasteiger partial charge in [-0.2, -0.15) is 0 Å². The van der Waals surface area contributed by atoms with Crippen LogP contribution in [0.1, 0.15) is 82.2 Å². The predicted octanol–water partition coefficient (Wildman–Crippen LogP) is 5.52. The lowest BCUT2D eigenvalue weighted by Crippen LogP contribution is -2.03. The number of ether oxygens (including phenoxy) is 1. The summed E-state index contributed by atoms with van der Waals surface area (Å²) in [5, 5.41) is 0. The SMILES string of the molecule is CCCCCCc1cc(CCCCCC)nc(CCOC)c1. The maximum Gasteiger partial charge on any atom is 0.0517 e. The van der Waals surface area contributed by atoms with E-state index in [1.54, 1.807) is 7.11 Å². The molecule has 0 radical (unpaired) electrons. The molecule has 0 saturated carbocycles. The van der Waals surface area contributed by atoms with Gasteiger partial charge in [-0.3, -0.25) is 4.98 Å². The summed E-state index contributed by atoms with van der Waals surface area (Å²) in [6, 6.07) is 4.63. The molecule has 2 nitrogen and oxygen atoms in total. The topological polar surface area (TPSA) is 22.1 Å². The second-order valence-electron chi connectivity index (χ2n) is 6.32. The third kappa shape index (κ3) is 8.53. The number of aryl methyl sites for hydroxylation is 2. The zero-order valence-electron chi connectivity index (χ0n) is 15.0. The van der Waals surface area contributed by atoms with Gasteiger partial charge in [0.2, 0.25) is 0 Å². The molecule has 0 aliphatic carbocycles. The van der Waals surface area contributed by atoms with Crippen molar-refractivity contribution < 1.29 is 4.74 Å². The van der Waals surface area contributed by atoms with Crippen molar-refractivity contribution in [2.45, 2.75) is 84.5 Å². The van der Waals surface area contributed by atoms with Crippen LogP contribution in [-0.4, -0.2) is 18.7 Å². The summed E-state index contributed by atoms with van der Waals surface area (Å²) in [6.07, 6.45) is 13.8. The van der Waals surface area contributed by atoms with E-state index in [0.717, 1.165) is 19.4 Å².